The van der Waals surface area contributed by atoms with E-state index in [1.807, 2.05) is 30.0 Å². The highest BCUT2D eigenvalue weighted by Gasteiger charge is 2.32. The number of nitrogens with one attached hydrogen (secondary N) is 1. The Morgan fingerprint density at radius 1 is 1.37 bits per heavy atom. The zero-order chi connectivity index (χ0) is 19.0. The van der Waals surface area contributed by atoms with Gasteiger partial charge < -0.3 is 19.5 Å². The van der Waals surface area contributed by atoms with Crippen LogP contribution in [0.3, 0.4) is 0 Å². The zero-order valence-electron chi connectivity index (χ0n) is 15.1. The molecule has 0 unspecified atom stereocenters. The lowest BCUT2D eigenvalue weighted by Crippen LogP contribution is -2.39. The van der Waals surface area contributed by atoms with Crippen LogP contribution in [-0.2, 0) is 22.4 Å². The summed E-state index contributed by atoms with van der Waals surface area (Å²) in [5.41, 5.74) is 1.57. The van der Waals surface area contributed by atoms with E-state index in [0.29, 0.717) is 43.0 Å². The summed E-state index contributed by atoms with van der Waals surface area (Å²) in [6.45, 7) is 4.56. The molecule has 7 nitrogen and oxygen atoms in total. The molecule has 0 saturated carbocycles. The van der Waals surface area contributed by atoms with E-state index in [1.54, 1.807) is 4.90 Å². The number of fused-ring (bicyclic) bond motifs is 1. The van der Waals surface area contributed by atoms with Gasteiger partial charge in [0.15, 0.2) is 0 Å². The van der Waals surface area contributed by atoms with Crippen LogP contribution < -0.4 is 15.4 Å². The summed E-state index contributed by atoms with van der Waals surface area (Å²) < 4.78 is 5.34. The van der Waals surface area contributed by atoms with Crippen LogP contribution in [0.1, 0.15) is 18.3 Å². The van der Waals surface area contributed by atoms with Crippen molar-refractivity contribution < 1.29 is 9.53 Å². The Morgan fingerprint density at radius 2 is 2.15 bits per heavy atom. The number of benzene rings is 1. The highest BCUT2D eigenvalue weighted by Crippen LogP contribution is 2.36. The molecule has 1 atom stereocenters. The molecule has 1 fully saturated rings. The van der Waals surface area contributed by atoms with Crippen LogP contribution in [0.25, 0.3) is 0 Å². The molecule has 2 aromatic rings. The predicted octanol–water partition coefficient (Wildman–Crippen LogP) is 1.78. The van der Waals surface area contributed by atoms with Crippen molar-refractivity contribution in [3.63, 3.8) is 0 Å². The van der Waals surface area contributed by atoms with Gasteiger partial charge in [-0.1, -0.05) is 17.7 Å². The number of morpholine rings is 1. The lowest BCUT2D eigenvalue weighted by molar-refractivity contribution is -0.118. The second-order valence-corrected chi connectivity index (χ2v) is 7.29. The molecule has 1 aromatic carbocycles. The van der Waals surface area contributed by atoms with E-state index in [2.05, 4.69) is 9.97 Å². The number of amides is 1. The van der Waals surface area contributed by atoms with Gasteiger partial charge in [0, 0.05) is 35.9 Å². The van der Waals surface area contributed by atoms with E-state index in [0.717, 1.165) is 17.7 Å². The number of anilines is 2. The number of H-pyrrole nitrogens is 1. The van der Waals surface area contributed by atoms with Crippen molar-refractivity contribution in [3.8, 4) is 0 Å². The number of ether oxygens (including phenoxy) is 1. The largest absolute Gasteiger partial charge is 0.378 e. The molecule has 8 heteroatoms. The molecule has 1 aromatic heterocycles. The van der Waals surface area contributed by atoms with Crippen LogP contribution in [0.5, 0.6) is 0 Å². The molecule has 2 aliphatic rings. The van der Waals surface area contributed by atoms with Crippen LogP contribution in [0, 0.1) is 0 Å². The van der Waals surface area contributed by atoms with Gasteiger partial charge in [-0.15, -0.1) is 0 Å². The lowest BCUT2D eigenvalue weighted by Gasteiger charge is -2.28. The predicted molar refractivity (Wildman–Crippen MR) is 104 cm³/mol. The quantitative estimate of drug-likeness (QED) is 0.867. The highest BCUT2D eigenvalue weighted by atomic mass is 35.5. The second-order valence-electron chi connectivity index (χ2n) is 6.88. The molecule has 4 rings (SSSR count). The van der Waals surface area contributed by atoms with E-state index >= 15 is 0 Å². The van der Waals surface area contributed by atoms with Gasteiger partial charge in [-0.3, -0.25) is 9.59 Å². The summed E-state index contributed by atoms with van der Waals surface area (Å²) in [7, 11) is 0. The molecule has 0 radical (unpaired) electrons. The van der Waals surface area contributed by atoms with Crippen molar-refractivity contribution in [3.05, 3.63) is 51.0 Å². The molecule has 1 N–H and O–H groups in total. The van der Waals surface area contributed by atoms with Gasteiger partial charge in [-0.25, -0.2) is 4.98 Å². The molecule has 0 bridgehead atoms. The summed E-state index contributed by atoms with van der Waals surface area (Å²) in [4.78, 5) is 36.0. The van der Waals surface area contributed by atoms with E-state index in [-0.39, 0.29) is 23.9 Å². The first kappa shape index (κ1) is 18.0. The number of carbonyl (C=O) groups is 1. The maximum Gasteiger partial charge on any atom is 0.252 e. The van der Waals surface area contributed by atoms with Crippen LogP contribution in [0.2, 0.25) is 5.02 Å². The fourth-order valence-electron chi connectivity index (χ4n) is 3.74. The van der Waals surface area contributed by atoms with Gasteiger partial charge in [0.25, 0.3) is 5.56 Å². The van der Waals surface area contributed by atoms with Crippen molar-refractivity contribution in [1.29, 1.82) is 0 Å². The first-order valence-electron chi connectivity index (χ1n) is 9.05. The SMILES string of the molecule is C[C@@H]1Cc2c(Cl)cccc2N1C(=O)Cc1nc(N2CCOCC2)cc(=O)[nH]1. The Kier molecular flexibility index (Phi) is 4.88. The molecule has 142 valence electrons. The number of rotatable bonds is 3. The topological polar surface area (TPSA) is 78.5 Å². The monoisotopic (exact) mass is 388 g/mol. The maximum absolute atomic E-state index is 13.0. The number of halogens is 1. The first-order chi connectivity index (χ1) is 13.0. The lowest BCUT2D eigenvalue weighted by atomic mass is 10.1. The van der Waals surface area contributed by atoms with Gasteiger partial charge >= 0.3 is 0 Å². The van der Waals surface area contributed by atoms with E-state index < -0.39 is 0 Å². The van der Waals surface area contributed by atoms with Gasteiger partial charge in [-0.2, -0.15) is 0 Å². The van der Waals surface area contributed by atoms with E-state index in [9.17, 15) is 9.59 Å². The average Bonchev–Trinajstić information content (AvgIpc) is 2.99. The van der Waals surface area contributed by atoms with Crippen LogP contribution in [-0.4, -0.2) is 48.2 Å². The summed E-state index contributed by atoms with van der Waals surface area (Å²) >= 11 is 6.28. The standard InChI is InChI=1S/C19H21ClN4O3/c1-12-9-13-14(20)3-2-4-15(13)24(12)19(26)10-16-21-17(11-18(25)22-16)23-5-7-27-8-6-23/h2-4,11-12H,5-10H2,1H3,(H,21,22,25)/t12-/m1/s1. The zero-order valence-corrected chi connectivity index (χ0v) is 15.8. The Bertz CT molecular complexity index is 923. The number of aromatic amines is 1. The van der Waals surface area contributed by atoms with E-state index in [1.165, 1.54) is 6.07 Å². The van der Waals surface area contributed by atoms with Crippen molar-refractivity contribution >= 4 is 29.0 Å². The average molecular weight is 389 g/mol. The van der Waals surface area contributed by atoms with Gasteiger partial charge in [-0.05, 0) is 31.0 Å². The summed E-state index contributed by atoms with van der Waals surface area (Å²) in [5, 5.41) is 0.676. The molecule has 0 spiro atoms. The number of hydrogen-bond acceptors (Lipinski definition) is 5. The maximum atomic E-state index is 13.0. The molecule has 0 aliphatic carbocycles. The smallest absolute Gasteiger partial charge is 0.252 e. The first-order valence-corrected chi connectivity index (χ1v) is 9.43. The van der Waals surface area contributed by atoms with Crippen LogP contribution in [0.15, 0.2) is 29.1 Å². The third-order valence-electron chi connectivity index (χ3n) is 4.99. The van der Waals surface area contributed by atoms with Crippen LogP contribution in [0.4, 0.5) is 11.5 Å². The number of carbonyl (C=O) groups excluding carboxylic acids is 1. The van der Waals surface area contributed by atoms with E-state index in [4.69, 9.17) is 16.3 Å². The number of aromatic nitrogens is 2. The molecule has 27 heavy (non-hydrogen) atoms. The number of nitrogens with zero attached hydrogens (tertiary/aromatic N) is 3. The second kappa shape index (κ2) is 7.32. The van der Waals surface area contributed by atoms with Crippen molar-refractivity contribution in [1.82, 2.24) is 9.97 Å². The summed E-state index contributed by atoms with van der Waals surface area (Å²) in [6, 6.07) is 7.07. The minimum absolute atomic E-state index is 0.0153. The minimum atomic E-state index is -0.257. The fraction of sp³-hybridized carbons (Fsp3) is 0.421. The van der Waals surface area contributed by atoms with Crippen molar-refractivity contribution in [2.75, 3.05) is 36.1 Å². The Morgan fingerprint density at radius 3 is 2.93 bits per heavy atom. The third-order valence-corrected chi connectivity index (χ3v) is 5.35. The highest BCUT2D eigenvalue weighted by molar-refractivity contribution is 6.32. The summed E-state index contributed by atoms with van der Waals surface area (Å²) in [5.74, 6) is 0.852. The molecular weight excluding hydrogens is 368 g/mol. The Balaban J connectivity index is 1.58. The Hall–Kier alpha value is -2.38. The Labute approximate surface area is 161 Å². The van der Waals surface area contributed by atoms with Crippen LogP contribution >= 0.6 is 11.6 Å². The van der Waals surface area contributed by atoms with Crippen molar-refractivity contribution in [2.45, 2.75) is 25.8 Å². The molecule has 1 amide bonds. The van der Waals surface area contributed by atoms with Gasteiger partial charge in [0.1, 0.15) is 11.6 Å². The number of hydrogen-bond donors (Lipinski definition) is 1. The summed E-state index contributed by atoms with van der Waals surface area (Å²) in [6.07, 6.45) is 0.752. The molecule has 2 aliphatic heterocycles. The minimum Gasteiger partial charge on any atom is -0.378 e. The van der Waals surface area contributed by atoms with Gasteiger partial charge in [0.05, 0.1) is 19.6 Å². The fourth-order valence-corrected chi connectivity index (χ4v) is 3.99. The van der Waals surface area contributed by atoms with Crippen molar-refractivity contribution in [2.24, 2.45) is 0 Å². The normalized spacial score (nSPS) is 19.3. The molecular formula is C19H21ClN4O3. The van der Waals surface area contributed by atoms with Gasteiger partial charge in [0.2, 0.25) is 5.91 Å². The molecule has 1 saturated heterocycles. The molecule has 3 heterocycles. The third kappa shape index (κ3) is 3.57.